The fourth-order valence-corrected chi connectivity index (χ4v) is 2.12. The van der Waals surface area contributed by atoms with E-state index in [1.165, 1.54) is 0 Å². The van der Waals surface area contributed by atoms with Crippen molar-refractivity contribution in [2.75, 3.05) is 5.88 Å². The highest BCUT2D eigenvalue weighted by atomic mass is 35.5. The van der Waals surface area contributed by atoms with Gasteiger partial charge in [0, 0.05) is 23.5 Å². The highest BCUT2D eigenvalue weighted by Gasteiger charge is 2.16. The Morgan fingerprint density at radius 2 is 2.05 bits per heavy atom. The lowest BCUT2D eigenvalue weighted by molar-refractivity contribution is 0.0932. The summed E-state index contributed by atoms with van der Waals surface area (Å²) in [6.45, 7) is 3.98. The number of aromatic nitrogens is 1. The third kappa shape index (κ3) is 3.04. The molecule has 19 heavy (non-hydrogen) atoms. The maximum Gasteiger partial charge on any atom is 0.253 e. The molecular weight excluding hydrogens is 260 g/mol. The number of carbonyl (C=O) groups excluding carboxylic acids is 1. The van der Waals surface area contributed by atoms with Gasteiger partial charge in [0.15, 0.2) is 0 Å². The van der Waals surface area contributed by atoms with Crippen molar-refractivity contribution in [2.45, 2.75) is 19.9 Å². The van der Waals surface area contributed by atoms with Gasteiger partial charge in [-0.25, -0.2) is 0 Å². The van der Waals surface area contributed by atoms with Crippen LogP contribution in [0.1, 0.15) is 24.2 Å². The quantitative estimate of drug-likeness (QED) is 0.871. The first kappa shape index (κ1) is 13.8. The molecule has 0 aliphatic heterocycles. The van der Waals surface area contributed by atoms with Crippen molar-refractivity contribution in [3.63, 3.8) is 0 Å². The second-order valence-electron chi connectivity index (χ2n) is 4.77. The number of carbonyl (C=O) groups is 1. The van der Waals surface area contributed by atoms with Gasteiger partial charge in [-0.1, -0.05) is 25.1 Å². The van der Waals surface area contributed by atoms with Gasteiger partial charge >= 0.3 is 0 Å². The summed E-state index contributed by atoms with van der Waals surface area (Å²) < 4.78 is 0. The maximum absolute atomic E-state index is 12.3. The van der Waals surface area contributed by atoms with Gasteiger partial charge in [0.2, 0.25) is 0 Å². The maximum atomic E-state index is 12.3. The molecule has 0 spiro atoms. The largest absolute Gasteiger partial charge is 0.349 e. The molecule has 0 bridgehead atoms. The number of benzene rings is 1. The summed E-state index contributed by atoms with van der Waals surface area (Å²) in [5.74, 6) is 0.650. The summed E-state index contributed by atoms with van der Waals surface area (Å²) in [6, 6.07) is 9.46. The van der Waals surface area contributed by atoms with E-state index in [1.807, 2.05) is 38.1 Å². The summed E-state index contributed by atoms with van der Waals surface area (Å²) >= 11 is 5.81. The first-order chi connectivity index (χ1) is 9.13. The third-order valence-electron chi connectivity index (χ3n) is 3.33. The molecule has 1 N–H and O–H groups in total. The Morgan fingerprint density at radius 1 is 1.32 bits per heavy atom. The van der Waals surface area contributed by atoms with Gasteiger partial charge in [-0.05, 0) is 25.0 Å². The Balaban J connectivity index is 2.27. The number of amides is 1. The van der Waals surface area contributed by atoms with Gasteiger partial charge < -0.3 is 5.32 Å². The smallest absolute Gasteiger partial charge is 0.253 e. The molecular formula is C15H17ClN2O. The average Bonchev–Trinajstić information content (AvgIpc) is 2.45. The molecule has 1 heterocycles. The van der Waals surface area contributed by atoms with E-state index in [2.05, 4.69) is 10.3 Å². The van der Waals surface area contributed by atoms with E-state index in [1.54, 1.807) is 12.3 Å². The topological polar surface area (TPSA) is 42.0 Å². The highest BCUT2D eigenvalue weighted by Crippen LogP contribution is 2.16. The van der Waals surface area contributed by atoms with Crippen LogP contribution >= 0.6 is 11.6 Å². The lowest BCUT2D eigenvalue weighted by Gasteiger charge is -2.19. The zero-order valence-corrected chi connectivity index (χ0v) is 11.8. The Labute approximate surface area is 118 Å². The van der Waals surface area contributed by atoms with Crippen molar-refractivity contribution in [2.24, 2.45) is 5.92 Å². The van der Waals surface area contributed by atoms with Crippen molar-refractivity contribution in [1.82, 2.24) is 10.3 Å². The molecule has 3 nitrogen and oxygen atoms in total. The predicted octanol–water partition coefficient (Wildman–Crippen LogP) is 3.23. The van der Waals surface area contributed by atoms with Crippen LogP contribution in [0.15, 0.2) is 36.5 Å². The van der Waals surface area contributed by atoms with Crippen LogP contribution in [0.4, 0.5) is 0 Å². The van der Waals surface area contributed by atoms with Gasteiger partial charge in [0.05, 0.1) is 11.1 Å². The molecule has 4 heteroatoms. The number of hydrogen-bond donors (Lipinski definition) is 1. The summed E-state index contributed by atoms with van der Waals surface area (Å²) in [4.78, 5) is 16.6. The molecule has 1 aromatic carbocycles. The molecule has 100 valence electrons. The van der Waals surface area contributed by atoms with Crippen molar-refractivity contribution in [1.29, 1.82) is 0 Å². The van der Waals surface area contributed by atoms with Gasteiger partial charge in [-0.3, -0.25) is 9.78 Å². The molecule has 0 saturated heterocycles. The summed E-state index contributed by atoms with van der Waals surface area (Å²) in [5.41, 5.74) is 1.33. The van der Waals surface area contributed by atoms with Crippen LogP contribution < -0.4 is 5.32 Å². The second-order valence-corrected chi connectivity index (χ2v) is 5.08. The minimum absolute atomic E-state index is 0.0315. The monoisotopic (exact) mass is 276 g/mol. The van der Waals surface area contributed by atoms with Gasteiger partial charge in [0.25, 0.3) is 5.91 Å². The Kier molecular flexibility index (Phi) is 4.38. The van der Waals surface area contributed by atoms with E-state index in [-0.39, 0.29) is 17.9 Å². The van der Waals surface area contributed by atoms with E-state index in [9.17, 15) is 4.79 Å². The summed E-state index contributed by atoms with van der Waals surface area (Å²) in [7, 11) is 0. The zero-order valence-electron chi connectivity index (χ0n) is 11.1. The molecule has 0 aliphatic carbocycles. The van der Waals surface area contributed by atoms with Crippen molar-refractivity contribution >= 4 is 28.4 Å². The Morgan fingerprint density at radius 3 is 2.79 bits per heavy atom. The van der Waals surface area contributed by atoms with Crippen molar-refractivity contribution in [3.05, 3.63) is 42.1 Å². The van der Waals surface area contributed by atoms with Gasteiger partial charge in [-0.2, -0.15) is 0 Å². The van der Waals surface area contributed by atoms with E-state index in [0.29, 0.717) is 11.4 Å². The molecule has 2 rings (SSSR count). The van der Waals surface area contributed by atoms with Crippen LogP contribution in [0.25, 0.3) is 10.9 Å². The molecule has 0 aliphatic rings. The highest BCUT2D eigenvalue weighted by molar-refractivity contribution is 6.18. The van der Waals surface area contributed by atoms with Gasteiger partial charge in [-0.15, -0.1) is 11.6 Å². The molecule has 0 saturated carbocycles. The predicted molar refractivity (Wildman–Crippen MR) is 78.6 cm³/mol. The van der Waals surface area contributed by atoms with Crippen molar-refractivity contribution in [3.8, 4) is 0 Å². The fraction of sp³-hybridized carbons (Fsp3) is 0.333. The number of rotatable bonds is 4. The lowest BCUT2D eigenvalue weighted by Crippen LogP contribution is -2.37. The zero-order chi connectivity index (χ0) is 13.8. The van der Waals surface area contributed by atoms with Crippen LogP contribution in [0.3, 0.4) is 0 Å². The molecule has 2 unspecified atom stereocenters. The fourth-order valence-electron chi connectivity index (χ4n) is 1.85. The van der Waals surface area contributed by atoms with Crippen LogP contribution in [-0.4, -0.2) is 22.8 Å². The Hall–Kier alpha value is -1.61. The number of para-hydroxylation sites is 1. The molecule has 1 amide bonds. The SMILES string of the molecule is CC(CCl)C(C)NC(=O)c1cccc2cccnc12. The number of halogens is 1. The van der Waals surface area contributed by atoms with E-state index >= 15 is 0 Å². The first-order valence-corrected chi connectivity index (χ1v) is 6.87. The van der Waals surface area contributed by atoms with Crippen molar-refractivity contribution < 1.29 is 4.79 Å². The molecule has 0 radical (unpaired) electrons. The normalized spacial score (nSPS) is 14.1. The summed E-state index contributed by atoms with van der Waals surface area (Å²) in [6.07, 6.45) is 1.70. The van der Waals surface area contributed by atoms with E-state index in [4.69, 9.17) is 11.6 Å². The number of pyridine rings is 1. The van der Waals surface area contributed by atoms with Crippen LogP contribution in [0.2, 0.25) is 0 Å². The molecule has 0 fully saturated rings. The second kappa shape index (κ2) is 6.02. The molecule has 1 aromatic heterocycles. The lowest BCUT2D eigenvalue weighted by atomic mass is 10.0. The number of nitrogens with one attached hydrogen (secondary N) is 1. The number of fused-ring (bicyclic) bond motifs is 1. The average molecular weight is 277 g/mol. The Bertz CT molecular complexity index is 580. The molecule has 2 aromatic rings. The van der Waals surface area contributed by atoms with Crippen LogP contribution in [0, 0.1) is 5.92 Å². The minimum Gasteiger partial charge on any atom is -0.349 e. The molecule has 2 atom stereocenters. The first-order valence-electron chi connectivity index (χ1n) is 6.34. The van der Waals surface area contributed by atoms with E-state index < -0.39 is 0 Å². The number of nitrogens with zero attached hydrogens (tertiary/aromatic N) is 1. The standard InChI is InChI=1S/C15H17ClN2O/c1-10(9-16)11(2)18-15(19)13-7-3-5-12-6-4-8-17-14(12)13/h3-8,10-11H,9H2,1-2H3,(H,18,19). The number of alkyl halides is 1. The van der Waals surface area contributed by atoms with E-state index in [0.717, 1.165) is 10.9 Å². The third-order valence-corrected chi connectivity index (χ3v) is 3.82. The van der Waals surface area contributed by atoms with Crippen LogP contribution in [0.5, 0.6) is 0 Å². The number of hydrogen-bond acceptors (Lipinski definition) is 2. The summed E-state index contributed by atoms with van der Waals surface area (Å²) in [5, 5.41) is 3.94. The van der Waals surface area contributed by atoms with Gasteiger partial charge in [0.1, 0.15) is 0 Å². The van der Waals surface area contributed by atoms with Crippen LogP contribution in [-0.2, 0) is 0 Å². The minimum atomic E-state index is -0.103.